The van der Waals surface area contributed by atoms with Crippen LogP contribution < -0.4 is 9.30 Å². The van der Waals surface area contributed by atoms with Crippen LogP contribution in [0.3, 0.4) is 0 Å². The molecule has 0 amide bonds. The maximum Gasteiger partial charge on any atom is 0.265 e. The van der Waals surface area contributed by atoms with E-state index in [0.717, 1.165) is 39.6 Å². The van der Waals surface area contributed by atoms with E-state index in [9.17, 15) is 8.42 Å². The maximum absolute atomic E-state index is 11.1. The smallest absolute Gasteiger partial charge is 0.265 e. The predicted molar refractivity (Wildman–Crippen MR) is 133 cm³/mol. The minimum atomic E-state index is -3.96. The first kappa shape index (κ1) is 24.4. The Labute approximate surface area is 195 Å². The topological polar surface area (TPSA) is 67.5 Å². The molecule has 2 aromatic carbocycles. The largest absolute Gasteiger partial charge is 0.494 e. The van der Waals surface area contributed by atoms with E-state index in [0.29, 0.717) is 13.0 Å². The third-order valence-electron chi connectivity index (χ3n) is 5.24. The fourth-order valence-corrected chi connectivity index (χ4v) is 5.14. The highest BCUT2D eigenvalue weighted by atomic mass is 32.2. The molecule has 0 bridgehead atoms. The van der Waals surface area contributed by atoms with Crippen LogP contribution in [0.4, 0.5) is 0 Å². The molecule has 1 heterocycles. The highest BCUT2D eigenvalue weighted by Crippen LogP contribution is 2.23. The number of aromatic nitrogens is 1. The van der Waals surface area contributed by atoms with Gasteiger partial charge in [0.2, 0.25) is 5.52 Å². The Morgan fingerprint density at radius 3 is 2.47 bits per heavy atom. The van der Waals surface area contributed by atoms with Crippen LogP contribution in [0.1, 0.15) is 56.0 Å². The molecule has 0 aliphatic rings. The Hall–Kier alpha value is -2.22. The molecule has 0 radical (unpaired) electrons. The third kappa shape index (κ3) is 7.73. The van der Waals surface area contributed by atoms with Crippen molar-refractivity contribution < 1.29 is 22.3 Å². The number of rotatable bonds is 13. The first-order chi connectivity index (χ1) is 15.5. The molecule has 1 aromatic heterocycles. The number of hydrogen-bond acceptors (Lipinski definition) is 4. The van der Waals surface area contributed by atoms with Gasteiger partial charge in [0.05, 0.1) is 12.4 Å². The molecule has 0 fully saturated rings. The van der Waals surface area contributed by atoms with E-state index in [1.54, 1.807) is 11.3 Å². The first-order valence-corrected chi connectivity index (χ1v) is 13.7. The summed E-state index contributed by atoms with van der Waals surface area (Å²) in [6.45, 7) is 3.50. The summed E-state index contributed by atoms with van der Waals surface area (Å²) in [6.07, 6.45) is 10.6. The van der Waals surface area contributed by atoms with Crippen molar-refractivity contribution in [3.05, 3.63) is 59.1 Å². The fraction of sp³-hybridized carbons (Fsp3) is 0.400. The Kier molecular flexibility index (Phi) is 9.26. The second kappa shape index (κ2) is 12.1. The van der Waals surface area contributed by atoms with Crippen LogP contribution in [0.2, 0.25) is 0 Å². The number of benzene rings is 2. The zero-order chi connectivity index (χ0) is 22.8. The van der Waals surface area contributed by atoms with Crippen molar-refractivity contribution in [3.63, 3.8) is 0 Å². The number of ether oxygens (including phenoxy) is 1. The highest BCUT2D eigenvalue weighted by Gasteiger charge is 2.19. The van der Waals surface area contributed by atoms with Crippen LogP contribution >= 0.6 is 11.3 Å². The normalized spacial score (nSPS) is 12.1. The summed E-state index contributed by atoms with van der Waals surface area (Å²) in [5.74, 6) is 0.646. The maximum atomic E-state index is 11.1. The zero-order valence-corrected chi connectivity index (χ0v) is 20.2. The molecule has 3 aromatic rings. The Morgan fingerprint density at radius 1 is 0.969 bits per heavy atom. The van der Waals surface area contributed by atoms with Gasteiger partial charge in [-0.1, -0.05) is 68.2 Å². The van der Waals surface area contributed by atoms with Crippen LogP contribution in [0.25, 0.3) is 22.4 Å². The Bertz CT molecular complexity index is 1120. The summed E-state index contributed by atoms with van der Waals surface area (Å²) < 4.78 is 40.3. The molecular weight excluding hydrogens is 442 g/mol. The minimum Gasteiger partial charge on any atom is -0.494 e. The number of aryl methyl sites for hydroxylation is 1. The highest BCUT2D eigenvalue weighted by molar-refractivity contribution is 7.85. The number of nitrogens with zero attached hydrogens (tertiary/aromatic N) is 1. The van der Waals surface area contributed by atoms with E-state index >= 15 is 0 Å². The molecule has 7 heteroatoms. The summed E-state index contributed by atoms with van der Waals surface area (Å²) in [6, 6.07) is 16.1. The van der Waals surface area contributed by atoms with Gasteiger partial charge in [0, 0.05) is 18.6 Å². The molecule has 0 saturated carbocycles. The summed E-state index contributed by atoms with van der Waals surface area (Å²) in [4.78, 5) is 0. The quantitative estimate of drug-likeness (QED) is 0.188. The summed E-state index contributed by atoms with van der Waals surface area (Å²) >= 11 is 1.66. The molecule has 172 valence electrons. The average Bonchev–Trinajstić information content (AvgIpc) is 3.12. The standard InChI is InChI=1S/C25H31NO4S2/c1-2-3-4-5-8-19-30-22-15-12-21(13-16-22)14-17-25-26(18-9-20-32(27,28)29)23-10-6-7-11-24(23)31-25/h6-7,10-17H,2-5,8-9,18-20H2,1H3/p+1/b17-14+. The van der Waals surface area contributed by atoms with E-state index in [2.05, 4.69) is 29.7 Å². The van der Waals surface area contributed by atoms with Gasteiger partial charge in [0.15, 0.2) is 6.54 Å². The van der Waals surface area contributed by atoms with Gasteiger partial charge in [-0.2, -0.15) is 13.0 Å². The Balaban J connectivity index is 1.64. The van der Waals surface area contributed by atoms with E-state index in [1.165, 1.54) is 25.7 Å². The molecule has 0 unspecified atom stereocenters. The lowest BCUT2D eigenvalue weighted by Crippen LogP contribution is -2.35. The number of para-hydroxylation sites is 1. The van der Waals surface area contributed by atoms with Gasteiger partial charge in [0.25, 0.3) is 15.1 Å². The van der Waals surface area contributed by atoms with Crippen LogP contribution in [0.5, 0.6) is 5.75 Å². The molecule has 0 atom stereocenters. The van der Waals surface area contributed by atoms with Crippen LogP contribution in [-0.2, 0) is 16.7 Å². The second-order valence-corrected chi connectivity index (χ2v) is 10.5. The second-order valence-electron chi connectivity index (χ2n) is 7.86. The van der Waals surface area contributed by atoms with Crippen LogP contribution in [0, 0.1) is 0 Å². The first-order valence-electron chi connectivity index (χ1n) is 11.2. The number of hydrogen-bond donors (Lipinski definition) is 1. The molecule has 0 aliphatic heterocycles. The number of thiazole rings is 1. The van der Waals surface area contributed by atoms with Crippen molar-refractivity contribution in [1.82, 2.24) is 0 Å². The minimum absolute atomic E-state index is 0.243. The molecule has 5 nitrogen and oxygen atoms in total. The lowest BCUT2D eigenvalue weighted by molar-refractivity contribution is -0.668. The van der Waals surface area contributed by atoms with Crippen molar-refractivity contribution in [2.45, 2.75) is 52.0 Å². The van der Waals surface area contributed by atoms with E-state index in [-0.39, 0.29) is 5.75 Å². The molecule has 32 heavy (non-hydrogen) atoms. The zero-order valence-electron chi connectivity index (χ0n) is 18.6. The third-order valence-corrected chi connectivity index (χ3v) is 7.17. The van der Waals surface area contributed by atoms with E-state index in [4.69, 9.17) is 9.29 Å². The lowest BCUT2D eigenvalue weighted by Gasteiger charge is -2.06. The SMILES string of the molecule is CCCCCCCOc1ccc(/C=C/c2sc3ccccc3[n+]2CCCS(=O)(=O)O)cc1. The molecule has 0 saturated heterocycles. The van der Waals surface area contributed by atoms with Crippen molar-refractivity contribution in [2.75, 3.05) is 12.4 Å². The van der Waals surface area contributed by atoms with Gasteiger partial charge in [-0.05, 0) is 36.3 Å². The Morgan fingerprint density at radius 2 is 1.72 bits per heavy atom. The predicted octanol–water partition coefficient (Wildman–Crippen LogP) is 5.99. The molecule has 3 rings (SSSR count). The van der Waals surface area contributed by atoms with Gasteiger partial charge in [-0.3, -0.25) is 4.55 Å². The number of unbranched alkanes of at least 4 members (excludes halogenated alkanes) is 4. The van der Waals surface area contributed by atoms with Gasteiger partial charge in [-0.15, -0.1) is 0 Å². The molecule has 1 N–H and O–H groups in total. The van der Waals surface area contributed by atoms with E-state index < -0.39 is 10.1 Å². The van der Waals surface area contributed by atoms with Gasteiger partial charge < -0.3 is 4.74 Å². The van der Waals surface area contributed by atoms with Gasteiger partial charge >= 0.3 is 0 Å². The summed E-state index contributed by atoms with van der Waals surface area (Å²) in [5.41, 5.74) is 2.14. The fourth-order valence-electron chi connectivity index (χ4n) is 3.55. The van der Waals surface area contributed by atoms with Crippen molar-refractivity contribution in [2.24, 2.45) is 0 Å². The lowest BCUT2D eigenvalue weighted by atomic mass is 10.2. The molecule has 0 spiro atoms. The van der Waals surface area contributed by atoms with E-state index in [1.807, 2.05) is 42.5 Å². The summed E-state index contributed by atoms with van der Waals surface area (Å²) in [5, 5.41) is 1.04. The molecular formula is C25H32NO4S2+. The van der Waals surface area contributed by atoms with Crippen molar-refractivity contribution in [3.8, 4) is 5.75 Å². The van der Waals surface area contributed by atoms with Crippen molar-refractivity contribution in [1.29, 1.82) is 0 Å². The van der Waals surface area contributed by atoms with Crippen molar-refractivity contribution >= 4 is 43.8 Å². The van der Waals surface area contributed by atoms with Crippen LogP contribution in [-0.4, -0.2) is 25.3 Å². The summed E-state index contributed by atoms with van der Waals surface area (Å²) in [7, 11) is -3.96. The monoisotopic (exact) mass is 474 g/mol. The van der Waals surface area contributed by atoms with Crippen LogP contribution in [0.15, 0.2) is 48.5 Å². The van der Waals surface area contributed by atoms with Gasteiger partial charge in [-0.25, -0.2) is 0 Å². The average molecular weight is 475 g/mol. The molecule has 0 aliphatic carbocycles. The number of fused-ring (bicyclic) bond motifs is 1. The van der Waals surface area contributed by atoms with Gasteiger partial charge in [0.1, 0.15) is 10.4 Å².